The summed E-state index contributed by atoms with van der Waals surface area (Å²) in [6.07, 6.45) is 0. The number of rotatable bonds is 1. The van der Waals surface area contributed by atoms with Crippen molar-refractivity contribution in [3.63, 3.8) is 0 Å². The second-order valence-corrected chi connectivity index (χ2v) is 2.81. The molecule has 0 aliphatic carbocycles. The van der Waals surface area contributed by atoms with Gasteiger partial charge >= 0.3 is 5.97 Å². The molecule has 0 unspecified atom stereocenters. The van der Waals surface area contributed by atoms with Crippen LogP contribution >= 0.6 is 0 Å². The zero-order valence-electron chi connectivity index (χ0n) is 5.97. The summed E-state index contributed by atoms with van der Waals surface area (Å²) in [5.74, 6) is -0.384. The van der Waals surface area contributed by atoms with Crippen molar-refractivity contribution in [2.45, 2.75) is 20.8 Å². The zero-order chi connectivity index (χ0) is 7.49. The summed E-state index contributed by atoms with van der Waals surface area (Å²) in [6, 6.07) is 0. The van der Waals surface area contributed by atoms with Crippen LogP contribution in [0, 0.1) is 5.41 Å². The number of hydrogen-bond donors (Lipinski definition) is 1. The molecule has 0 aromatic heterocycles. The Kier molecular flexibility index (Phi) is 2.65. The molecule has 0 aromatic rings. The van der Waals surface area contributed by atoms with Crippen molar-refractivity contribution >= 4 is 5.97 Å². The van der Waals surface area contributed by atoms with Crippen LogP contribution in [0.15, 0.2) is 0 Å². The van der Waals surface area contributed by atoms with E-state index in [0.29, 0.717) is 0 Å². The molecule has 0 rings (SSSR count). The molecule has 0 bridgehead atoms. The summed E-state index contributed by atoms with van der Waals surface area (Å²) in [5, 5.41) is 8.16. The van der Waals surface area contributed by atoms with Crippen LogP contribution in [0.1, 0.15) is 20.8 Å². The quantitative estimate of drug-likeness (QED) is 0.418. The van der Waals surface area contributed by atoms with Gasteiger partial charge in [-0.3, -0.25) is 4.79 Å². The van der Waals surface area contributed by atoms with E-state index in [0.717, 1.165) is 0 Å². The molecule has 0 atom stereocenters. The minimum atomic E-state index is -0.532. The lowest BCUT2D eigenvalue weighted by Gasteiger charge is -2.14. The summed E-state index contributed by atoms with van der Waals surface area (Å²) in [4.78, 5) is 10.7. The molecule has 0 aromatic carbocycles. The Hall–Kier alpha value is -0.570. The average molecular weight is 132 g/mol. The number of carbonyl (C=O) groups excluding carboxylic acids is 1. The minimum Gasteiger partial charge on any atom is -0.438 e. The Balaban J connectivity index is 3.74. The maximum atomic E-state index is 10.7. The Morgan fingerprint density at radius 2 is 2.00 bits per heavy atom. The van der Waals surface area contributed by atoms with Crippen LogP contribution in [-0.2, 0) is 9.53 Å². The predicted octanol–water partition coefficient (Wildman–Crippen LogP) is 0.526. The molecule has 0 aliphatic heterocycles. The van der Waals surface area contributed by atoms with Gasteiger partial charge in [-0.1, -0.05) is 0 Å². The van der Waals surface area contributed by atoms with E-state index in [9.17, 15) is 4.79 Å². The van der Waals surface area contributed by atoms with Gasteiger partial charge in [-0.2, -0.15) is 0 Å². The summed E-state index contributed by atoms with van der Waals surface area (Å²) in [7, 11) is 0. The van der Waals surface area contributed by atoms with Crippen LogP contribution in [0.3, 0.4) is 0 Å². The Morgan fingerprint density at radius 1 is 1.56 bits per heavy atom. The van der Waals surface area contributed by atoms with Crippen LogP contribution in [-0.4, -0.2) is 17.9 Å². The minimum absolute atomic E-state index is 0.384. The smallest absolute Gasteiger partial charge is 0.313 e. The van der Waals surface area contributed by atoms with Crippen LogP contribution < -0.4 is 0 Å². The maximum absolute atomic E-state index is 10.7. The van der Waals surface area contributed by atoms with E-state index in [1.807, 2.05) is 0 Å². The molecule has 3 nitrogen and oxygen atoms in total. The van der Waals surface area contributed by atoms with Crippen molar-refractivity contribution in [1.82, 2.24) is 0 Å². The van der Waals surface area contributed by atoms with E-state index >= 15 is 0 Å². The third-order valence-electron chi connectivity index (χ3n) is 0.808. The molecule has 1 N–H and O–H groups in total. The van der Waals surface area contributed by atoms with Gasteiger partial charge in [-0.25, -0.2) is 0 Å². The molecule has 0 heterocycles. The fraction of sp³-hybridized carbons (Fsp3) is 0.833. The van der Waals surface area contributed by atoms with Crippen molar-refractivity contribution in [2.75, 3.05) is 6.79 Å². The highest BCUT2D eigenvalue weighted by Gasteiger charge is 2.22. The van der Waals surface area contributed by atoms with Gasteiger partial charge in [0.1, 0.15) is 0 Å². The van der Waals surface area contributed by atoms with E-state index in [4.69, 9.17) is 5.11 Å². The summed E-state index contributed by atoms with van der Waals surface area (Å²) in [5.41, 5.74) is -0.511. The number of hydrogen-bond acceptors (Lipinski definition) is 3. The van der Waals surface area contributed by atoms with Gasteiger partial charge < -0.3 is 9.84 Å². The number of carbonyl (C=O) groups is 1. The zero-order valence-corrected chi connectivity index (χ0v) is 5.97. The van der Waals surface area contributed by atoms with Gasteiger partial charge in [-0.05, 0) is 20.8 Å². The van der Waals surface area contributed by atoms with Crippen LogP contribution in [0.5, 0.6) is 0 Å². The lowest BCUT2D eigenvalue weighted by atomic mass is 9.98. The second-order valence-electron chi connectivity index (χ2n) is 2.81. The lowest BCUT2D eigenvalue weighted by Crippen LogP contribution is -2.23. The highest BCUT2D eigenvalue weighted by atomic mass is 16.6. The van der Waals surface area contributed by atoms with E-state index < -0.39 is 12.2 Å². The fourth-order valence-corrected chi connectivity index (χ4v) is 0.275. The van der Waals surface area contributed by atoms with Crippen molar-refractivity contribution in [3.8, 4) is 0 Å². The molecule has 0 amide bonds. The molecule has 0 radical (unpaired) electrons. The molecule has 9 heavy (non-hydrogen) atoms. The van der Waals surface area contributed by atoms with E-state index in [-0.39, 0.29) is 5.97 Å². The van der Waals surface area contributed by atoms with Crippen LogP contribution in [0.2, 0.25) is 0 Å². The van der Waals surface area contributed by atoms with Crippen molar-refractivity contribution in [3.05, 3.63) is 0 Å². The van der Waals surface area contributed by atoms with Crippen molar-refractivity contribution in [1.29, 1.82) is 0 Å². The predicted molar refractivity (Wildman–Crippen MR) is 32.6 cm³/mol. The molecular weight excluding hydrogens is 120 g/mol. The van der Waals surface area contributed by atoms with E-state index in [1.54, 1.807) is 20.8 Å². The standard InChI is InChI=1S/C6H12O3/c1-6(2,3)5(8)9-4-7/h7H,4H2,1-3H3. The third kappa shape index (κ3) is 3.08. The highest BCUT2D eigenvalue weighted by Crippen LogP contribution is 2.14. The highest BCUT2D eigenvalue weighted by molar-refractivity contribution is 5.75. The number of ether oxygens (including phenoxy) is 1. The van der Waals surface area contributed by atoms with Gasteiger partial charge in [0.05, 0.1) is 5.41 Å². The first-order chi connectivity index (χ1) is 3.98. The molecule has 0 saturated heterocycles. The van der Waals surface area contributed by atoms with Gasteiger partial charge in [0.25, 0.3) is 0 Å². The van der Waals surface area contributed by atoms with Gasteiger partial charge in [0, 0.05) is 0 Å². The largest absolute Gasteiger partial charge is 0.438 e. The van der Waals surface area contributed by atoms with Gasteiger partial charge in [0.15, 0.2) is 6.79 Å². The van der Waals surface area contributed by atoms with Crippen molar-refractivity contribution < 1.29 is 14.6 Å². The average Bonchev–Trinajstić information content (AvgIpc) is 1.64. The summed E-state index contributed by atoms with van der Waals surface area (Å²) in [6.45, 7) is 4.65. The summed E-state index contributed by atoms with van der Waals surface area (Å²) >= 11 is 0. The number of aliphatic hydroxyl groups excluding tert-OH is 1. The monoisotopic (exact) mass is 132 g/mol. The topological polar surface area (TPSA) is 46.5 Å². The SMILES string of the molecule is CC(C)(C)C(=O)OCO. The molecule has 0 aliphatic rings. The molecule has 54 valence electrons. The first kappa shape index (κ1) is 8.43. The molecule has 0 spiro atoms. The van der Waals surface area contributed by atoms with E-state index in [1.165, 1.54) is 0 Å². The second kappa shape index (κ2) is 2.82. The molecular formula is C6H12O3. The summed E-state index contributed by atoms with van der Waals surface area (Å²) < 4.78 is 4.32. The molecule has 3 heteroatoms. The van der Waals surface area contributed by atoms with Crippen LogP contribution in [0.25, 0.3) is 0 Å². The van der Waals surface area contributed by atoms with Crippen molar-refractivity contribution in [2.24, 2.45) is 5.41 Å². The Bertz CT molecular complexity index is 101. The number of esters is 1. The van der Waals surface area contributed by atoms with Crippen LogP contribution in [0.4, 0.5) is 0 Å². The normalized spacial score (nSPS) is 11.1. The van der Waals surface area contributed by atoms with Gasteiger partial charge in [-0.15, -0.1) is 0 Å². The first-order valence-electron chi connectivity index (χ1n) is 2.76. The Labute approximate surface area is 54.6 Å². The molecule has 0 saturated carbocycles. The third-order valence-corrected chi connectivity index (χ3v) is 0.808. The Morgan fingerprint density at radius 3 is 2.11 bits per heavy atom. The fourth-order valence-electron chi connectivity index (χ4n) is 0.275. The lowest BCUT2D eigenvalue weighted by molar-refractivity contribution is -0.161. The first-order valence-corrected chi connectivity index (χ1v) is 2.76. The number of aliphatic hydroxyl groups is 1. The molecule has 0 fully saturated rings. The van der Waals surface area contributed by atoms with E-state index in [2.05, 4.69) is 4.74 Å². The maximum Gasteiger partial charge on any atom is 0.313 e. The van der Waals surface area contributed by atoms with Gasteiger partial charge in [0.2, 0.25) is 0 Å².